The first-order valence-electron chi connectivity index (χ1n) is 25.1. The fraction of sp³-hybridized carbons (Fsp3) is 0.344. The van der Waals surface area contributed by atoms with Gasteiger partial charge in [0.05, 0.1) is 13.7 Å². The average molecular weight is 892 g/mol. The Balaban J connectivity index is 1.29. The predicted molar refractivity (Wildman–Crippen MR) is 291 cm³/mol. The van der Waals surface area contributed by atoms with Crippen LogP contribution in [0.5, 0.6) is 11.5 Å². The zero-order valence-corrected chi connectivity index (χ0v) is 42.1. The molecule has 0 amide bonds. The first-order valence-corrected chi connectivity index (χ1v) is 25.1. The van der Waals surface area contributed by atoms with Crippen molar-refractivity contribution in [2.24, 2.45) is 11.8 Å². The number of benzene rings is 6. The second-order valence-electron chi connectivity index (χ2n) is 19.0. The molecule has 1 unspecified atom stereocenters. The van der Waals surface area contributed by atoms with Crippen LogP contribution in [0.25, 0.3) is 24.3 Å². The summed E-state index contributed by atoms with van der Waals surface area (Å²) < 4.78 is 12.8. The number of nitrogens with zero attached hydrogens (tertiary/aromatic N) is 1. The molecule has 0 radical (unpaired) electrons. The van der Waals surface area contributed by atoms with E-state index >= 15 is 0 Å². The van der Waals surface area contributed by atoms with Crippen molar-refractivity contribution in [3.05, 3.63) is 197 Å². The smallest absolute Gasteiger partial charge is 0.127 e. The maximum absolute atomic E-state index is 6.72. The van der Waals surface area contributed by atoms with E-state index < -0.39 is 0 Å². The van der Waals surface area contributed by atoms with Crippen molar-refractivity contribution in [1.29, 1.82) is 0 Å². The average Bonchev–Trinajstić information content (AvgIpc) is 3.36. The second kappa shape index (κ2) is 24.6. The number of rotatable bonds is 24. The quantitative estimate of drug-likeness (QED) is 0.0565. The summed E-state index contributed by atoms with van der Waals surface area (Å²) in [4.78, 5) is 2.35. The first kappa shape index (κ1) is 50.4. The molecule has 0 aliphatic rings. The Morgan fingerprint density at radius 2 is 1.00 bits per heavy atom. The van der Waals surface area contributed by atoms with Gasteiger partial charge in [0.25, 0.3) is 0 Å². The van der Waals surface area contributed by atoms with Crippen molar-refractivity contribution in [3.8, 4) is 11.5 Å². The Morgan fingerprint density at radius 3 is 1.57 bits per heavy atom. The molecular formula is C64H77NO2. The number of allylic oxidation sites excluding steroid dienone is 2. The molecule has 0 saturated carbocycles. The lowest BCUT2D eigenvalue weighted by atomic mass is 9.75. The van der Waals surface area contributed by atoms with Crippen LogP contribution in [0, 0.1) is 18.8 Å². The minimum Gasteiger partial charge on any atom is -0.496 e. The van der Waals surface area contributed by atoms with E-state index in [9.17, 15) is 0 Å². The van der Waals surface area contributed by atoms with Crippen LogP contribution in [0.1, 0.15) is 139 Å². The summed E-state index contributed by atoms with van der Waals surface area (Å²) in [5.41, 5.74) is 11.5. The molecule has 6 aromatic carbocycles. The molecule has 0 fully saturated rings. The predicted octanol–water partition coefficient (Wildman–Crippen LogP) is 18.4. The number of hydrogen-bond donors (Lipinski definition) is 0. The molecule has 0 N–H and O–H groups in total. The van der Waals surface area contributed by atoms with Gasteiger partial charge in [0.1, 0.15) is 11.5 Å². The van der Waals surface area contributed by atoms with Gasteiger partial charge in [0.15, 0.2) is 0 Å². The molecular weight excluding hydrogens is 815 g/mol. The van der Waals surface area contributed by atoms with E-state index in [1.807, 2.05) is 0 Å². The highest BCUT2D eigenvalue weighted by Crippen LogP contribution is 2.40. The van der Waals surface area contributed by atoms with Crippen molar-refractivity contribution in [3.63, 3.8) is 0 Å². The molecule has 1 atom stereocenters. The van der Waals surface area contributed by atoms with Gasteiger partial charge >= 0.3 is 0 Å². The highest BCUT2D eigenvalue weighted by atomic mass is 16.5. The number of anilines is 3. The number of aryl methyl sites for hydroxylation is 1. The zero-order chi connectivity index (χ0) is 47.7. The molecule has 6 aromatic rings. The summed E-state index contributed by atoms with van der Waals surface area (Å²) in [6.07, 6.45) is 22.5. The molecule has 350 valence electrons. The maximum Gasteiger partial charge on any atom is 0.127 e. The molecule has 0 aromatic heterocycles. The summed E-state index contributed by atoms with van der Waals surface area (Å²) in [7, 11) is 1.76. The number of ether oxygens (including phenoxy) is 2. The minimum atomic E-state index is -0.0733. The van der Waals surface area contributed by atoms with E-state index in [0.717, 1.165) is 83.3 Å². The summed E-state index contributed by atoms with van der Waals surface area (Å²) in [5, 5.41) is 0. The van der Waals surface area contributed by atoms with Crippen LogP contribution in [-0.4, -0.2) is 13.7 Å². The van der Waals surface area contributed by atoms with Crippen LogP contribution in [0.15, 0.2) is 158 Å². The molecule has 0 aliphatic heterocycles. The molecule has 6 rings (SSSR count). The fourth-order valence-electron chi connectivity index (χ4n) is 9.37. The Morgan fingerprint density at radius 1 is 0.507 bits per heavy atom. The van der Waals surface area contributed by atoms with Gasteiger partial charge in [0, 0.05) is 39.0 Å². The molecule has 0 heterocycles. The van der Waals surface area contributed by atoms with Gasteiger partial charge in [-0.15, -0.1) is 0 Å². The lowest BCUT2D eigenvalue weighted by Crippen LogP contribution is -2.21. The zero-order valence-electron chi connectivity index (χ0n) is 42.1. The van der Waals surface area contributed by atoms with E-state index in [1.54, 1.807) is 7.11 Å². The van der Waals surface area contributed by atoms with Gasteiger partial charge in [-0.2, -0.15) is 0 Å². The molecule has 0 aliphatic carbocycles. The molecule has 0 saturated heterocycles. The first-order chi connectivity index (χ1) is 32.5. The topological polar surface area (TPSA) is 21.7 Å². The third kappa shape index (κ3) is 13.3. The molecule has 3 heteroatoms. The maximum atomic E-state index is 6.72. The van der Waals surface area contributed by atoms with Crippen molar-refractivity contribution in [2.45, 2.75) is 118 Å². The molecule has 0 bridgehead atoms. The monoisotopic (exact) mass is 892 g/mol. The van der Waals surface area contributed by atoms with Crippen LogP contribution in [0.2, 0.25) is 0 Å². The molecule has 67 heavy (non-hydrogen) atoms. The van der Waals surface area contributed by atoms with Gasteiger partial charge in [-0.1, -0.05) is 207 Å². The summed E-state index contributed by atoms with van der Waals surface area (Å²) in [5.74, 6) is 3.06. The van der Waals surface area contributed by atoms with Crippen molar-refractivity contribution >= 4 is 41.4 Å². The third-order valence-electron chi connectivity index (χ3n) is 14.2. The van der Waals surface area contributed by atoms with Gasteiger partial charge in [-0.25, -0.2) is 0 Å². The standard InChI is InChI=1S/C64H77NO2/c1-10-63(11-2,44-41-52-23-16-14-17-24-52)57-33-39-60(40-34-57)65(58-35-27-51(8)28-36-58)59-37-30-53(31-38-59)29-32-54-48-62(67-46-43-50(7)22-20-21-49(5)6)55(47-61(54)66-9)42-45-64(12-3,13-4)56-25-18-15-19-26-56/h14-19,23-42,44-45,47-50H,10-13,20-22,43,46H2,1-9H3/b32-29+,44-41+,45-42+. The molecule has 0 spiro atoms. The van der Waals surface area contributed by atoms with Gasteiger partial charge in [-0.3, -0.25) is 0 Å². The Bertz CT molecular complexity index is 2470. The summed E-state index contributed by atoms with van der Waals surface area (Å²) in [6, 6.07) is 52.7. The normalized spacial score (nSPS) is 12.7. The van der Waals surface area contributed by atoms with Crippen molar-refractivity contribution in [1.82, 2.24) is 0 Å². The fourth-order valence-corrected chi connectivity index (χ4v) is 9.37. The van der Waals surface area contributed by atoms with Crippen molar-refractivity contribution < 1.29 is 9.47 Å². The number of hydrogen-bond acceptors (Lipinski definition) is 3. The SMILES string of the molecule is CCC(/C=C/c1cc(OC)c(/C=C/c2ccc(N(c3ccc(C)cc3)c3ccc(C(/C=C/c4ccccc4)(CC)CC)cc3)cc2)cc1OCCC(C)CCCC(C)C)(CC)c1ccccc1. The van der Waals surface area contributed by atoms with Crippen LogP contribution in [0.4, 0.5) is 17.1 Å². The summed E-state index contributed by atoms with van der Waals surface area (Å²) >= 11 is 0. The largest absolute Gasteiger partial charge is 0.496 e. The van der Waals surface area contributed by atoms with Gasteiger partial charge < -0.3 is 14.4 Å². The van der Waals surface area contributed by atoms with Crippen LogP contribution in [-0.2, 0) is 10.8 Å². The highest BCUT2D eigenvalue weighted by Gasteiger charge is 2.27. The van der Waals surface area contributed by atoms with Crippen LogP contribution >= 0.6 is 0 Å². The third-order valence-corrected chi connectivity index (χ3v) is 14.2. The second-order valence-corrected chi connectivity index (χ2v) is 19.0. The summed E-state index contributed by atoms with van der Waals surface area (Å²) in [6.45, 7) is 19.0. The van der Waals surface area contributed by atoms with E-state index in [0.29, 0.717) is 12.5 Å². The van der Waals surface area contributed by atoms with Gasteiger partial charge in [-0.05, 0) is 122 Å². The lowest BCUT2D eigenvalue weighted by Gasteiger charge is -2.31. The van der Waals surface area contributed by atoms with E-state index in [-0.39, 0.29) is 10.8 Å². The Kier molecular flexibility index (Phi) is 18.5. The van der Waals surface area contributed by atoms with Crippen molar-refractivity contribution in [2.75, 3.05) is 18.6 Å². The van der Waals surface area contributed by atoms with Crippen LogP contribution < -0.4 is 14.4 Å². The van der Waals surface area contributed by atoms with E-state index in [4.69, 9.17) is 9.47 Å². The van der Waals surface area contributed by atoms with E-state index in [2.05, 4.69) is 242 Å². The minimum absolute atomic E-state index is 0.0481. The highest BCUT2D eigenvalue weighted by molar-refractivity contribution is 5.80. The van der Waals surface area contributed by atoms with Gasteiger partial charge in [0.2, 0.25) is 0 Å². The van der Waals surface area contributed by atoms with E-state index in [1.165, 1.54) is 41.5 Å². The van der Waals surface area contributed by atoms with Crippen LogP contribution in [0.3, 0.4) is 0 Å². The lowest BCUT2D eigenvalue weighted by molar-refractivity contribution is 0.275. The molecule has 3 nitrogen and oxygen atoms in total. The Hall–Kier alpha value is -6.06. The number of methoxy groups -OCH3 is 1. The Labute approximate surface area is 405 Å².